The minimum Gasteiger partial charge on any atom is -0.458 e. The first-order chi connectivity index (χ1) is 7.93. The molecule has 0 aromatic rings. The van der Waals surface area contributed by atoms with E-state index in [1.807, 2.05) is 0 Å². The van der Waals surface area contributed by atoms with Gasteiger partial charge in [0.25, 0.3) is 0 Å². The Balaban J connectivity index is 2.74. The molecule has 1 fully saturated rings. The second-order valence-electron chi connectivity index (χ2n) is 4.12. The standard InChI is InChI=1S/C11H19NO5/c1-6-11(17-8(3)14)9(12-7(2)13)5-10(15-4)16-6/h6,9-11H,5H2,1-4H3,(H,12,13)/t6-,9-,10?,11-/m0/s1. The fourth-order valence-electron chi connectivity index (χ4n) is 1.96. The van der Waals surface area contributed by atoms with Crippen molar-refractivity contribution in [1.82, 2.24) is 5.32 Å². The number of rotatable bonds is 3. The summed E-state index contributed by atoms with van der Waals surface area (Å²) >= 11 is 0. The number of esters is 1. The molecule has 0 aromatic carbocycles. The van der Waals surface area contributed by atoms with Gasteiger partial charge >= 0.3 is 5.97 Å². The van der Waals surface area contributed by atoms with Gasteiger partial charge in [-0.15, -0.1) is 0 Å². The SMILES string of the molecule is COC1C[C@H](NC(C)=O)[C@@H](OC(C)=O)[C@H](C)O1. The first kappa shape index (κ1) is 13.9. The van der Waals surface area contributed by atoms with E-state index in [0.717, 1.165) is 0 Å². The van der Waals surface area contributed by atoms with Gasteiger partial charge in [0.2, 0.25) is 5.91 Å². The molecule has 1 amide bonds. The molecule has 17 heavy (non-hydrogen) atoms. The normalized spacial score (nSPS) is 32.9. The lowest BCUT2D eigenvalue weighted by Crippen LogP contribution is -2.56. The van der Waals surface area contributed by atoms with E-state index in [1.165, 1.54) is 21.0 Å². The summed E-state index contributed by atoms with van der Waals surface area (Å²) in [5.41, 5.74) is 0. The van der Waals surface area contributed by atoms with Gasteiger partial charge in [-0.2, -0.15) is 0 Å². The van der Waals surface area contributed by atoms with E-state index in [2.05, 4.69) is 5.32 Å². The smallest absolute Gasteiger partial charge is 0.303 e. The Morgan fingerprint density at radius 3 is 2.47 bits per heavy atom. The van der Waals surface area contributed by atoms with Crippen molar-refractivity contribution in [3.63, 3.8) is 0 Å². The molecular formula is C11H19NO5. The number of amides is 1. The number of carbonyl (C=O) groups excluding carboxylic acids is 2. The van der Waals surface area contributed by atoms with Gasteiger partial charge in [-0.25, -0.2) is 0 Å². The van der Waals surface area contributed by atoms with Crippen LogP contribution in [0.15, 0.2) is 0 Å². The van der Waals surface area contributed by atoms with Gasteiger partial charge in [0.1, 0.15) is 6.10 Å². The maximum absolute atomic E-state index is 11.1. The maximum Gasteiger partial charge on any atom is 0.303 e. The average molecular weight is 245 g/mol. The molecule has 1 saturated heterocycles. The highest BCUT2D eigenvalue weighted by atomic mass is 16.7. The lowest BCUT2D eigenvalue weighted by atomic mass is 9.99. The van der Waals surface area contributed by atoms with Crippen molar-refractivity contribution < 1.29 is 23.8 Å². The molecule has 4 atom stereocenters. The molecule has 1 unspecified atom stereocenters. The van der Waals surface area contributed by atoms with Crippen LogP contribution in [0.2, 0.25) is 0 Å². The van der Waals surface area contributed by atoms with Crippen molar-refractivity contribution >= 4 is 11.9 Å². The van der Waals surface area contributed by atoms with E-state index >= 15 is 0 Å². The molecule has 1 N–H and O–H groups in total. The maximum atomic E-state index is 11.1. The fourth-order valence-corrected chi connectivity index (χ4v) is 1.96. The molecule has 98 valence electrons. The van der Waals surface area contributed by atoms with Crippen LogP contribution in [0.3, 0.4) is 0 Å². The number of hydrogen-bond acceptors (Lipinski definition) is 5. The zero-order chi connectivity index (χ0) is 13.0. The second kappa shape index (κ2) is 5.97. The summed E-state index contributed by atoms with van der Waals surface area (Å²) in [6.07, 6.45) is -0.746. The van der Waals surface area contributed by atoms with Gasteiger partial charge < -0.3 is 19.5 Å². The summed E-state index contributed by atoms with van der Waals surface area (Å²) in [6, 6.07) is -0.287. The summed E-state index contributed by atoms with van der Waals surface area (Å²) in [5.74, 6) is -0.562. The van der Waals surface area contributed by atoms with Crippen molar-refractivity contribution in [2.75, 3.05) is 7.11 Å². The molecule has 0 aliphatic carbocycles. The quantitative estimate of drug-likeness (QED) is 0.719. The number of hydrogen-bond donors (Lipinski definition) is 1. The van der Waals surface area contributed by atoms with Gasteiger partial charge in [-0.05, 0) is 6.92 Å². The largest absolute Gasteiger partial charge is 0.458 e. The van der Waals surface area contributed by atoms with Crippen LogP contribution in [-0.2, 0) is 23.8 Å². The Hall–Kier alpha value is -1.14. The highest BCUT2D eigenvalue weighted by molar-refractivity contribution is 5.73. The van der Waals surface area contributed by atoms with Gasteiger partial charge in [-0.1, -0.05) is 0 Å². The van der Waals surface area contributed by atoms with E-state index in [0.29, 0.717) is 6.42 Å². The third-order valence-corrected chi connectivity index (χ3v) is 2.63. The van der Waals surface area contributed by atoms with Crippen LogP contribution >= 0.6 is 0 Å². The molecule has 0 saturated carbocycles. The molecule has 6 nitrogen and oxygen atoms in total. The second-order valence-corrected chi connectivity index (χ2v) is 4.12. The van der Waals surface area contributed by atoms with Crippen molar-refractivity contribution in [2.45, 2.75) is 51.7 Å². The lowest BCUT2D eigenvalue weighted by Gasteiger charge is -2.39. The third-order valence-electron chi connectivity index (χ3n) is 2.63. The Morgan fingerprint density at radius 1 is 1.35 bits per heavy atom. The Labute approximate surface area is 101 Å². The van der Waals surface area contributed by atoms with Crippen molar-refractivity contribution in [3.05, 3.63) is 0 Å². The topological polar surface area (TPSA) is 73.9 Å². The predicted octanol–water partition coefficient (Wildman–Crippen LogP) is 0.204. The summed E-state index contributed by atoms with van der Waals surface area (Å²) in [7, 11) is 1.54. The minimum atomic E-state index is -0.484. The number of carbonyl (C=O) groups is 2. The van der Waals surface area contributed by atoms with E-state index in [4.69, 9.17) is 14.2 Å². The van der Waals surface area contributed by atoms with Crippen molar-refractivity contribution in [3.8, 4) is 0 Å². The van der Waals surface area contributed by atoms with Gasteiger partial charge in [0.15, 0.2) is 6.29 Å². The van der Waals surface area contributed by atoms with Crippen LogP contribution in [0.25, 0.3) is 0 Å². The minimum absolute atomic E-state index is 0.170. The molecule has 1 rings (SSSR count). The first-order valence-corrected chi connectivity index (χ1v) is 5.56. The average Bonchev–Trinajstić information content (AvgIpc) is 2.21. The lowest BCUT2D eigenvalue weighted by molar-refractivity contribution is -0.223. The van der Waals surface area contributed by atoms with Gasteiger partial charge in [-0.3, -0.25) is 9.59 Å². The zero-order valence-electron chi connectivity index (χ0n) is 10.6. The highest BCUT2D eigenvalue weighted by Crippen LogP contribution is 2.23. The Kier molecular flexibility index (Phi) is 4.89. The van der Waals surface area contributed by atoms with E-state index < -0.39 is 18.4 Å². The van der Waals surface area contributed by atoms with Crippen molar-refractivity contribution in [2.24, 2.45) is 0 Å². The van der Waals surface area contributed by atoms with Crippen molar-refractivity contribution in [1.29, 1.82) is 0 Å². The fraction of sp³-hybridized carbons (Fsp3) is 0.818. The monoisotopic (exact) mass is 245 g/mol. The van der Waals surface area contributed by atoms with Crippen LogP contribution < -0.4 is 5.32 Å². The molecule has 1 heterocycles. The summed E-state index contributed by atoms with van der Waals surface area (Å²) in [5, 5.41) is 2.76. The van der Waals surface area contributed by atoms with Crippen LogP contribution in [-0.4, -0.2) is 43.5 Å². The molecule has 6 heteroatoms. The van der Waals surface area contributed by atoms with E-state index in [-0.39, 0.29) is 18.1 Å². The van der Waals surface area contributed by atoms with Crippen LogP contribution in [0, 0.1) is 0 Å². The molecule has 0 spiro atoms. The number of ether oxygens (including phenoxy) is 3. The molecular weight excluding hydrogens is 226 g/mol. The number of methoxy groups -OCH3 is 1. The van der Waals surface area contributed by atoms with Crippen LogP contribution in [0.4, 0.5) is 0 Å². The van der Waals surface area contributed by atoms with E-state index in [1.54, 1.807) is 6.92 Å². The van der Waals surface area contributed by atoms with Crippen LogP contribution in [0.1, 0.15) is 27.2 Å². The Bertz CT molecular complexity index is 294. The number of nitrogens with one attached hydrogen (secondary N) is 1. The predicted molar refractivity (Wildman–Crippen MR) is 59.1 cm³/mol. The molecule has 1 aliphatic rings. The summed E-state index contributed by atoms with van der Waals surface area (Å²) in [6.45, 7) is 4.54. The highest BCUT2D eigenvalue weighted by Gasteiger charge is 2.39. The summed E-state index contributed by atoms with van der Waals surface area (Å²) < 4.78 is 15.8. The summed E-state index contributed by atoms with van der Waals surface area (Å²) in [4.78, 5) is 22.1. The molecule has 0 bridgehead atoms. The third kappa shape index (κ3) is 3.98. The molecule has 0 radical (unpaired) electrons. The Morgan fingerprint density at radius 2 is 2.00 bits per heavy atom. The first-order valence-electron chi connectivity index (χ1n) is 5.56. The van der Waals surface area contributed by atoms with Crippen LogP contribution in [0.5, 0.6) is 0 Å². The van der Waals surface area contributed by atoms with E-state index in [9.17, 15) is 9.59 Å². The van der Waals surface area contributed by atoms with Gasteiger partial charge in [0.05, 0.1) is 12.1 Å². The van der Waals surface area contributed by atoms with Gasteiger partial charge in [0, 0.05) is 27.4 Å². The zero-order valence-corrected chi connectivity index (χ0v) is 10.6. The molecule has 1 aliphatic heterocycles. The molecule has 0 aromatic heterocycles.